The van der Waals surface area contributed by atoms with Gasteiger partial charge in [-0.2, -0.15) is 16.3 Å². The van der Waals surface area contributed by atoms with E-state index >= 15 is 0 Å². The van der Waals surface area contributed by atoms with Crippen LogP contribution in [0, 0.1) is 13.8 Å². The van der Waals surface area contributed by atoms with Gasteiger partial charge in [0.05, 0.1) is 5.69 Å². The lowest BCUT2D eigenvalue weighted by molar-refractivity contribution is 0.102. The van der Waals surface area contributed by atoms with Crippen molar-refractivity contribution in [1.82, 2.24) is 20.2 Å². The first-order valence-corrected chi connectivity index (χ1v) is 7.60. The molecule has 0 radical (unpaired) electrons. The van der Waals surface area contributed by atoms with Crippen LogP contribution in [0.1, 0.15) is 21.2 Å². The zero-order valence-electron chi connectivity index (χ0n) is 10.8. The van der Waals surface area contributed by atoms with Crippen molar-refractivity contribution < 1.29 is 4.79 Å². The highest BCUT2D eigenvalue weighted by molar-refractivity contribution is 7.17. The molecule has 1 amide bonds. The second kappa shape index (κ2) is 5.14. The van der Waals surface area contributed by atoms with E-state index in [0.29, 0.717) is 16.4 Å². The van der Waals surface area contributed by atoms with E-state index in [1.54, 1.807) is 18.3 Å². The average molecular weight is 305 g/mol. The van der Waals surface area contributed by atoms with Crippen molar-refractivity contribution in [2.75, 3.05) is 5.32 Å². The highest BCUT2D eigenvalue weighted by atomic mass is 32.1. The summed E-state index contributed by atoms with van der Waals surface area (Å²) >= 11 is 2.97. The standard InChI is InChI=1S/C12H11N5OS2/c1-6-9(10(18)15-12-14-7(2)16-17-12)20-11(13-6)8-3-4-19-5-8/h3-5H,1-2H3,(H2,14,15,16,17,18). The third-order valence-electron chi connectivity index (χ3n) is 2.59. The Morgan fingerprint density at radius 2 is 2.20 bits per heavy atom. The normalized spacial score (nSPS) is 10.7. The van der Waals surface area contributed by atoms with E-state index in [2.05, 4.69) is 25.5 Å². The molecule has 0 fully saturated rings. The van der Waals surface area contributed by atoms with E-state index < -0.39 is 0 Å². The van der Waals surface area contributed by atoms with Gasteiger partial charge in [0.2, 0.25) is 5.95 Å². The zero-order chi connectivity index (χ0) is 14.1. The lowest BCUT2D eigenvalue weighted by Crippen LogP contribution is -2.12. The number of thiophene rings is 1. The topological polar surface area (TPSA) is 83.6 Å². The van der Waals surface area contributed by atoms with Crippen molar-refractivity contribution in [1.29, 1.82) is 0 Å². The highest BCUT2D eigenvalue weighted by Crippen LogP contribution is 2.29. The molecule has 0 bridgehead atoms. The first kappa shape index (κ1) is 12.9. The molecule has 0 aromatic carbocycles. The lowest BCUT2D eigenvalue weighted by Gasteiger charge is -1.97. The summed E-state index contributed by atoms with van der Waals surface area (Å²) in [5.74, 6) is 0.693. The largest absolute Gasteiger partial charge is 0.288 e. The third kappa shape index (κ3) is 2.47. The van der Waals surface area contributed by atoms with Gasteiger partial charge in [0, 0.05) is 10.9 Å². The zero-order valence-corrected chi connectivity index (χ0v) is 12.4. The van der Waals surface area contributed by atoms with Crippen molar-refractivity contribution in [3.8, 4) is 10.6 Å². The summed E-state index contributed by atoms with van der Waals surface area (Å²) in [5.41, 5.74) is 1.75. The summed E-state index contributed by atoms with van der Waals surface area (Å²) < 4.78 is 0. The second-order valence-corrected chi connectivity index (χ2v) is 5.92. The number of aryl methyl sites for hydroxylation is 2. The van der Waals surface area contributed by atoms with Crippen LogP contribution in [0.2, 0.25) is 0 Å². The number of nitrogens with zero attached hydrogens (tertiary/aromatic N) is 3. The van der Waals surface area contributed by atoms with Crippen LogP contribution >= 0.6 is 22.7 Å². The molecule has 0 aliphatic heterocycles. The number of rotatable bonds is 3. The molecule has 0 saturated carbocycles. The number of carbonyl (C=O) groups excluding carboxylic acids is 1. The van der Waals surface area contributed by atoms with Gasteiger partial charge in [-0.05, 0) is 25.3 Å². The van der Waals surface area contributed by atoms with Gasteiger partial charge < -0.3 is 0 Å². The summed E-state index contributed by atoms with van der Waals surface area (Å²) in [6.45, 7) is 3.60. The van der Waals surface area contributed by atoms with Crippen LogP contribution in [0.4, 0.5) is 5.95 Å². The summed E-state index contributed by atoms with van der Waals surface area (Å²) in [4.78, 5) is 21.3. The van der Waals surface area contributed by atoms with E-state index in [1.165, 1.54) is 11.3 Å². The third-order valence-corrected chi connectivity index (χ3v) is 4.48. The summed E-state index contributed by atoms with van der Waals surface area (Å²) in [6.07, 6.45) is 0. The van der Waals surface area contributed by atoms with Gasteiger partial charge in [-0.15, -0.1) is 16.4 Å². The van der Waals surface area contributed by atoms with Crippen LogP contribution in [-0.2, 0) is 0 Å². The van der Waals surface area contributed by atoms with E-state index in [0.717, 1.165) is 10.6 Å². The first-order chi connectivity index (χ1) is 9.63. The molecule has 8 heteroatoms. The molecule has 6 nitrogen and oxygen atoms in total. The lowest BCUT2D eigenvalue weighted by atomic mass is 10.3. The quantitative estimate of drug-likeness (QED) is 0.779. The number of aromatic amines is 1. The molecule has 0 aliphatic rings. The van der Waals surface area contributed by atoms with Gasteiger partial charge in [-0.1, -0.05) is 0 Å². The van der Waals surface area contributed by atoms with Gasteiger partial charge in [0.25, 0.3) is 5.91 Å². The first-order valence-electron chi connectivity index (χ1n) is 5.84. The van der Waals surface area contributed by atoms with Crippen LogP contribution in [0.5, 0.6) is 0 Å². The van der Waals surface area contributed by atoms with Gasteiger partial charge in [-0.3, -0.25) is 15.2 Å². The molecular formula is C12H11N5OS2. The predicted octanol–water partition coefficient (Wildman–Crippen LogP) is 2.86. The molecule has 3 aromatic rings. The number of nitrogens with one attached hydrogen (secondary N) is 2. The monoisotopic (exact) mass is 305 g/mol. The number of aromatic nitrogens is 4. The van der Waals surface area contributed by atoms with Gasteiger partial charge in [0.1, 0.15) is 15.7 Å². The number of hydrogen-bond acceptors (Lipinski definition) is 6. The SMILES string of the molecule is Cc1nc(NC(=O)c2sc(-c3ccsc3)nc2C)n[nH]1. The van der Waals surface area contributed by atoms with Crippen molar-refractivity contribution in [2.45, 2.75) is 13.8 Å². The van der Waals surface area contributed by atoms with E-state index in [1.807, 2.05) is 23.8 Å². The van der Waals surface area contributed by atoms with Crippen LogP contribution in [-0.4, -0.2) is 26.1 Å². The fraction of sp³-hybridized carbons (Fsp3) is 0.167. The van der Waals surface area contributed by atoms with Gasteiger partial charge >= 0.3 is 0 Å². The van der Waals surface area contributed by atoms with Crippen LogP contribution < -0.4 is 5.32 Å². The minimum absolute atomic E-state index is 0.236. The van der Waals surface area contributed by atoms with Crippen LogP contribution in [0.25, 0.3) is 10.6 Å². The van der Waals surface area contributed by atoms with Crippen molar-refractivity contribution in [2.24, 2.45) is 0 Å². The molecular weight excluding hydrogens is 294 g/mol. The molecule has 102 valence electrons. The van der Waals surface area contributed by atoms with Gasteiger partial charge in [0.15, 0.2) is 0 Å². The van der Waals surface area contributed by atoms with E-state index in [4.69, 9.17) is 0 Å². The minimum atomic E-state index is -0.236. The Kier molecular flexibility index (Phi) is 3.33. The van der Waals surface area contributed by atoms with Crippen molar-refractivity contribution >= 4 is 34.5 Å². The molecule has 0 unspecified atom stereocenters. The second-order valence-electron chi connectivity index (χ2n) is 4.14. The number of H-pyrrole nitrogens is 1. The fourth-order valence-electron chi connectivity index (χ4n) is 1.67. The molecule has 0 atom stereocenters. The predicted molar refractivity (Wildman–Crippen MR) is 79.2 cm³/mol. The molecule has 0 aliphatic carbocycles. The molecule has 0 spiro atoms. The van der Waals surface area contributed by atoms with Gasteiger partial charge in [-0.25, -0.2) is 4.98 Å². The smallest absolute Gasteiger partial charge is 0.270 e. The molecule has 3 rings (SSSR count). The maximum atomic E-state index is 12.2. The number of anilines is 1. The Balaban J connectivity index is 1.85. The summed E-state index contributed by atoms with van der Waals surface area (Å²) in [7, 11) is 0. The Morgan fingerprint density at radius 3 is 2.85 bits per heavy atom. The molecule has 3 aromatic heterocycles. The maximum Gasteiger partial charge on any atom is 0.270 e. The van der Waals surface area contributed by atoms with Crippen LogP contribution in [0.15, 0.2) is 16.8 Å². The summed E-state index contributed by atoms with van der Waals surface area (Å²) in [5, 5.41) is 14.1. The average Bonchev–Trinajstić information content (AvgIpc) is 3.09. The van der Waals surface area contributed by atoms with Crippen LogP contribution in [0.3, 0.4) is 0 Å². The molecule has 0 saturated heterocycles. The Hall–Kier alpha value is -2.06. The Morgan fingerprint density at radius 1 is 1.35 bits per heavy atom. The highest BCUT2D eigenvalue weighted by Gasteiger charge is 2.17. The number of amides is 1. The summed E-state index contributed by atoms with van der Waals surface area (Å²) in [6, 6.07) is 1.99. The Labute approximate surface area is 122 Å². The van der Waals surface area contributed by atoms with E-state index in [-0.39, 0.29) is 11.9 Å². The Bertz CT molecular complexity index is 744. The van der Waals surface area contributed by atoms with E-state index in [9.17, 15) is 4.79 Å². The number of hydrogen-bond donors (Lipinski definition) is 2. The molecule has 2 N–H and O–H groups in total. The fourth-order valence-corrected chi connectivity index (χ4v) is 3.35. The minimum Gasteiger partial charge on any atom is -0.288 e. The maximum absolute atomic E-state index is 12.2. The van der Waals surface area contributed by atoms with Crippen molar-refractivity contribution in [3.63, 3.8) is 0 Å². The number of thiazole rings is 1. The molecule has 20 heavy (non-hydrogen) atoms. The number of carbonyl (C=O) groups is 1. The molecule has 3 heterocycles. The van der Waals surface area contributed by atoms with Crippen molar-refractivity contribution in [3.05, 3.63) is 33.2 Å².